The molecule has 1 aliphatic carbocycles. The van der Waals surface area contributed by atoms with Crippen molar-refractivity contribution in [3.8, 4) is 11.1 Å². The van der Waals surface area contributed by atoms with Gasteiger partial charge in [-0.3, -0.25) is 0 Å². The molecule has 3 aromatic rings. The second kappa shape index (κ2) is 9.01. The Bertz CT molecular complexity index is 1280. The topological polar surface area (TPSA) is 66.1 Å². The number of alkyl carbamates (subject to hydrolysis) is 1. The summed E-state index contributed by atoms with van der Waals surface area (Å²) in [7, 11) is 0. The summed E-state index contributed by atoms with van der Waals surface area (Å²) in [5, 5.41) is 7.36. The third kappa shape index (κ3) is 4.24. The largest absolute Gasteiger partial charge is 0.443 e. The van der Waals surface area contributed by atoms with Gasteiger partial charge < -0.3 is 20.4 Å². The van der Waals surface area contributed by atoms with E-state index in [1.54, 1.807) is 24.4 Å². The lowest BCUT2D eigenvalue weighted by atomic mass is 9.77. The predicted molar refractivity (Wildman–Crippen MR) is 135 cm³/mol. The molecule has 1 aromatic heterocycles. The van der Waals surface area contributed by atoms with Crippen molar-refractivity contribution in [1.82, 2.24) is 10.3 Å². The standard InChI is InChI=1S/C27H30ClF2N3O2/c1-14-21-20(33-27(2,3)25(14)35-26(34)32-15-8-5-4-6-9-15)12-19(29)22(23(21)30)17-11-7-10-16-18(28)13-31-24(16)17/h7,10-15,25,31,33H,4-6,8-9H2,1-3H3,(H,32,34)/t14-,25+/m1/s1. The number of ether oxygens (including phenoxy) is 1. The highest BCUT2D eigenvalue weighted by atomic mass is 35.5. The Balaban J connectivity index is 1.51. The second-order valence-electron chi connectivity index (χ2n) is 10.3. The summed E-state index contributed by atoms with van der Waals surface area (Å²) in [5.74, 6) is -1.86. The lowest BCUT2D eigenvalue weighted by molar-refractivity contribution is 0.0438. The van der Waals surface area contributed by atoms with Crippen molar-refractivity contribution in [2.45, 2.75) is 76.5 Å². The molecule has 1 fully saturated rings. The molecular weight excluding hydrogens is 472 g/mol. The number of benzene rings is 2. The Hall–Kier alpha value is -2.80. The van der Waals surface area contributed by atoms with Gasteiger partial charge in [0, 0.05) is 40.4 Å². The van der Waals surface area contributed by atoms with E-state index in [4.69, 9.17) is 16.3 Å². The molecule has 2 aromatic carbocycles. The maximum absolute atomic E-state index is 16.1. The van der Waals surface area contributed by atoms with Gasteiger partial charge in [-0.2, -0.15) is 0 Å². The number of hydrogen-bond donors (Lipinski definition) is 3. The number of rotatable bonds is 3. The van der Waals surface area contributed by atoms with E-state index in [1.807, 2.05) is 20.8 Å². The molecule has 0 saturated heterocycles. The van der Waals surface area contributed by atoms with E-state index in [1.165, 1.54) is 12.5 Å². The normalized spacial score (nSPS) is 21.9. The van der Waals surface area contributed by atoms with Crippen LogP contribution in [0.1, 0.15) is 64.4 Å². The summed E-state index contributed by atoms with van der Waals surface area (Å²) in [6.45, 7) is 5.56. The van der Waals surface area contributed by atoms with Crippen LogP contribution >= 0.6 is 11.6 Å². The number of anilines is 1. The first kappa shape index (κ1) is 23.9. The Morgan fingerprint density at radius 3 is 2.69 bits per heavy atom. The van der Waals surface area contributed by atoms with Crippen molar-refractivity contribution in [3.63, 3.8) is 0 Å². The van der Waals surface area contributed by atoms with Crippen LogP contribution in [0.4, 0.5) is 19.3 Å². The molecule has 1 amide bonds. The van der Waals surface area contributed by atoms with Crippen LogP contribution in [0.3, 0.4) is 0 Å². The van der Waals surface area contributed by atoms with Gasteiger partial charge in [-0.25, -0.2) is 13.6 Å². The number of para-hydroxylation sites is 1. The van der Waals surface area contributed by atoms with Gasteiger partial charge in [0.1, 0.15) is 17.7 Å². The molecular formula is C27H30ClF2N3O2. The first-order valence-corrected chi connectivity index (χ1v) is 12.6. The maximum atomic E-state index is 16.1. The molecule has 8 heteroatoms. The molecule has 0 bridgehead atoms. The lowest BCUT2D eigenvalue weighted by Gasteiger charge is -2.44. The molecule has 186 valence electrons. The van der Waals surface area contributed by atoms with Gasteiger partial charge in [-0.15, -0.1) is 0 Å². The van der Waals surface area contributed by atoms with Crippen molar-refractivity contribution in [2.75, 3.05) is 5.32 Å². The molecule has 5 nitrogen and oxygen atoms in total. The molecule has 0 spiro atoms. The summed E-state index contributed by atoms with van der Waals surface area (Å²) in [4.78, 5) is 15.8. The summed E-state index contributed by atoms with van der Waals surface area (Å²) >= 11 is 6.24. The Kier molecular flexibility index (Phi) is 6.16. The number of nitrogens with one attached hydrogen (secondary N) is 3. The zero-order valence-electron chi connectivity index (χ0n) is 20.1. The van der Waals surface area contributed by atoms with Crippen LogP contribution in [0.25, 0.3) is 22.0 Å². The van der Waals surface area contributed by atoms with E-state index >= 15 is 8.78 Å². The highest BCUT2D eigenvalue weighted by Crippen LogP contribution is 2.46. The lowest BCUT2D eigenvalue weighted by Crippen LogP contribution is -2.53. The highest BCUT2D eigenvalue weighted by molar-refractivity contribution is 6.36. The van der Waals surface area contributed by atoms with Gasteiger partial charge in [0.2, 0.25) is 0 Å². The van der Waals surface area contributed by atoms with E-state index < -0.39 is 35.3 Å². The van der Waals surface area contributed by atoms with Gasteiger partial charge in [0.15, 0.2) is 0 Å². The van der Waals surface area contributed by atoms with Crippen LogP contribution in [0.15, 0.2) is 30.5 Å². The quantitative estimate of drug-likeness (QED) is 0.348. The fourth-order valence-electron chi connectivity index (χ4n) is 5.77. The number of carbonyl (C=O) groups is 1. The average Bonchev–Trinajstić information content (AvgIpc) is 3.18. The number of aromatic amines is 1. The zero-order valence-corrected chi connectivity index (χ0v) is 20.9. The Labute approximate surface area is 208 Å². The van der Waals surface area contributed by atoms with Crippen molar-refractivity contribution < 1.29 is 18.3 Å². The third-order valence-electron chi connectivity index (χ3n) is 7.43. The Morgan fingerprint density at radius 1 is 1.20 bits per heavy atom. The first-order valence-electron chi connectivity index (χ1n) is 12.2. The summed E-state index contributed by atoms with van der Waals surface area (Å²) < 4.78 is 37.4. The van der Waals surface area contributed by atoms with Crippen LogP contribution in [0.5, 0.6) is 0 Å². The minimum Gasteiger partial charge on any atom is -0.443 e. The molecule has 1 saturated carbocycles. The number of halogens is 3. The number of aromatic nitrogens is 1. The summed E-state index contributed by atoms with van der Waals surface area (Å²) in [5.41, 5.74) is 0.746. The smallest absolute Gasteiger partial charge is 0.407 e. The number of H-pyrrole nitrogens is 1. The third-order valence-corrected chi connectivity index (χ3v) is 7.74. The van der Waals surface area contributed by atoms with Gasteiger partial charge in [-0.1, -0.05) is 56.0 Å². The van der Waals surface area contributed by atoms with E-state index in [-0.39, 0.29) is 11.6 Å². The van der Waals surface area contributed by atoms with Crippen molar-refractivity contribution in [3.05, 3.63) is 52.7 Å². The van der Waals surface area contributed by atoms with E-state index in [0.717, 1.165) is 25.7 Å². The second-order valence-corrected chi connectivity index (χ2v) is 10.7. The number of fused-ring (bicyclic) bond motifs is 2. The fraction of sp³-hybridized carbons (Fsp3) is 0.444. The summed E-state index contributed by atoms with van der Waals surface area (Å²) in [6, 6.07) is 6.62. The van der Waals surface area contributed by atoms with Gasteiger partial charge in [0.05, 0.1) is 21.6 Å². The molecule has 0 unspecified atom stereocenters. The fourth-order valence-corrected chi connectivity index (χ4v) is 5.98. The molecule has 0 radical (unpaired) electrons. The molecule has 3 N–H and O–H groups in total. The van der Waals surface area contributed by atoms with E-state index in [9.17, 15) is 4.79 Å². The minimum atomic E-state index is -0.732. The number of carbonyl (C=O) groups excluding carboxylic acids is 1. The summed E-state index contributed by atoms with van der Waals surface area (Å²) in [6.07, 6.45) is 5.67. The molecule has 2 heterocycles. The first-order chi connectivity index (χ1) is 16.7. The van der Waals surface area contributed by atoms with Gasteiger partial charge >= 0.3 is 6.09 Å². The molecule has 35 heavy (non-hydrogen) atoms. The number of amides is 1. The van der Waals surface area contributed by atoms with E-state index in [2.05, 4.69) is 15.6 Å². The SMILES string of the molecule is C[C@@H]1c2c(cc(F)c(-c3cccc4c(Cl)c[nH]c34)c2F)NC(C)(C)[C@H]1OC(=O)NC1CCCCC1. The van der Waals surface area contributed by atoms with Gasteiger partial charge in [0.25, 0.3) is 0 Å². The van der Waals surface area contributed by atoms with Crippen LogP contribution in [0, 0.1) is 11.6 Å². The molecule has 1 aliphatic heterocycles. The van der Waals surface area contributed by atoms with Gasteiger partial charge in [-0.05, 0) is 32.8 Å². The monoisotopic (exact) mass is 501 g/mol. The van der Waals surface area contributed by atoms with Crippen molar-refractivity contribution in [1.29, 1.82) is 0 Å². The minimum absolute atomic E-state index is 0.101. The maximum Gasteiger partial charge on any atom is 0.407 e. The van der Waals surface area contributed by atoms with Crippen molar-refractivity contribution >= 4 is 34.3 Å². The van der Waals surface area contributed by atoms with Crippen LogP contribution in [-0.4, -0.2) is 28.8 Å². The highest BCUT2D eigenvalue weighted by Gasteiger charge is 2.45. The van der Waals surface area contributed by atoms with Crippen LogP contribution in [0.2, 0.25) is 5.02 Å². The van der Waals surface area contributed by atoms with E-state index in [0.29, 0.717) is 32.7 Å². The Morgan fingerprint density at radius 2 is 1.94 bits per heavy atom. The van der Waals surface area contributed by atoms with Crippen LogP contribution in [-0.2, 0) is 4.74 Å². The average molecular weight is 502 g/mol. The molecule has 2 atom stereocenters. The van der Waals surface area contributed by atoms with Crippen LogP contribution < -0.4 is 10.6 Å². The predicted octanol–water partition coefficient (Wildman–Crippen LogP) is 7.50. The molecule has 2 aliphatic rings. The molecule has 5 rings (SSSR count). The number of hydrogen-bond acceptors (Lipinski definition) is 3. The zero-order chi connectivity index (χ0) is 24.9. The van der Waals surface area contributed by atoms with Crippen molar-refractivity contribution in [2.24, 2.45) is 0 Å².